The van der Waals surface area contributed by atoms with Gasteiger partial charge in [0.05, 0.1) is 22.1 Å². The van der Waals surface area contributed by atoms with Crippen LogP contribution < -0.4 is 20.7 Å². The zero-order valence-electron chi connectivity index (χ0n) is 27.8. The van der Waals surface area contributed by atoms with Crippen molar-refractivity contribution in [1.29, 1.82) is 0 Å². The lowest BCUT2D eigenvalue weighted by molar-refractivity contribution is 0.994. The minimum atomic E-state index is -2.93. The molecule has 3 heterocycles. The standard InChI is InChI=1S/C46H32N4Si/c1-4-16-33(17-5-1)49-42-25-13-12-24-40(42)41-30-36(28-29-45(41)49)51(34-18-6-2-7-19-34,35-20-8-3-9-21-35)37-31-47-46(48-32-37)50-43-26-14-10-22-38(43)39-23-11-15-27-44(39)50/h1-32H. The highest BCUT2D eigenvalue weighted by molar-refractivity contribution is 7.19. The van der Waals surface area contributed by atoms with Crippen LogP contribution in [0.25, 0.3) is 55.2 Å². The Labute approximate surface area is 296 Å². The predicted octanol–water partition coefficient (Wildman–Crippen LogP) is 8.05. The second-order valence-corrected chi connectivity index (χ2v) is 16.9. The summed E-state index contributed by atoms with van der Waals surface area (Å²) in [6.07, 6.45) is 4.19. The third kappa shape index (κ3) is 4.45. The maximum Gasteiger partial charge on any atom is 0.234 e. The molecule has 10 rings (SSSR count). The van der Waals surface area contributed by atoms with Crippen LogP contribution in [0.5, 0.6) is 0 Å². The molecule has 4 nitrogen and oxygen atoms in total. The Kier molecular flexibility index (Phi) is 6.79. The van der Waals surface area contributed by atoms with Crippen LogP contribution >= 0.6 is 0 Å². The molecule has 0 aliphatic rings. The van der Waals surface area contributed by atoms with Crippen molar-refractivity contribution in [1.82, 2.24) is 19.1 Å². The largest absolute Gasteiger partial charge is 0.309 e. The summed E-state index contributed by atoms with van der Waals surface area (Å²) in [6.45, 7) is 0. The van der Waals surface area contributed by atoms with Crippen LogP contribution in [0, 0.1) is 0 Å². The smallest absolute Gasteiger partial charge is 0.234 e. The van der Waals surface area contributed by atoms with Gasteiger partial charge in [-0.3, -0.25) is 4.57 Å². The first kappa shape index (κ1) is 29.4. The first-order chi connectivity index (χ1) is 25.3. The highest BCUT2D eigenvalue weighted by atomic mass is 28.3. The molecule has 0 atom stereocenters. The van der Waals surface area contributed by atoms with E-state index in [1.54, 1.807) is 0 Å². The van der Waals surface area contributed by atoms with Gasteiger partial charge >= 0.3 is 0 Å². The summed E-state index contributed by atoms with van der Waals surface area (Å²) in [6, 6.07) is 65.5. The lowest BCUT2D eigenvalue weighted by Crippen LogP contribution is -2.74. The van der Waals surface area contributed by atoms with E-state index in [9.17, 15) is 0 Å². The molecular weight excluding hydrogens is 637 g/mol. The van der Waals surface area contributed by atoms with Gasteiger partial charge in [-0.15, -0.1) is 0 Å². The molecule has 0 aliphatic heterocycles. The van der Waals surface area contributed by atoms with Gasteiger partial charge in [-0.2, -0.15) is 0 Å². The molecule has 0 saturated heterocycles. The summed E-state index contributed by atoms with van der Waals surface area (Å²) < 4.78 is 4.57. The molecule has 0 bridgehead atoms. The summed E-state index contributed by atoms with van der Waals surface area (Å²) >= 11 is 0. The highest BCUT2D eigenvalue weighted by Gasteiger charge is 2.42. The van der Waals surface area contributed by atoms with Crippen molar-refractivity contribution in [3.63, 3.8) is 0 Å². The van der Waals surface area contributed by atoms with E-state index in [2.05, 4.69) is 204 Å². The number of rotatable bonds is 6. The third-order valence-corrected chi connectivity index (χ3v) is 15.1. The van der Waals surface area contributed by atoms with Gasteiger partial charge in [0.1, 0.15) is 0 Å². The zero-order chi connectivity index (χ0) is 33.8. The van der Waals surface area contributed by atoms with Crippen molar-refractivity contribution >= 4 is 72.4 Å². The van der Waals surface area contributed by atoms with Gasteiger partial charge < -0.3 is 4.57 Å². The molecular formula is C46H32N4Si. The Morgan fingerprint density at radius 3 is 1.31 bits per heavy atom. The van der Waals surface area contributed by atoms with Crippen molar-refractivity contribution < 1.29 is 0 Å². The summed E-state index contributed by atoms with van der Waals surface area (Å²) in [5.41, 5.74) is 5.73. The highest BCUT2D eigenvalue weighted by Crippen LogP contribution is 2.33. The molecule has 0 fully saturated rings. The maximum absolute atomic E-state index is 5.20. The number of para-hydroxylation sites is 4. The molecule has 0 unspecified atom stereocenters. The normalized spacial score (nSPS) is 11.9. The fraction of sp³-hybridized carbons (Fsp3) is 0. The molecule has 0 saturated carbocycles. The SMILES string of the molecule is c1ccc(-n2c3ccccc3c3cc([Si](c4ccccc4)(c4ccccc4)c4cnc(-n5c6ccccc6c6ccccc65)nc4)ccc32)cc1. The quantitative estimate of drug-likeness (QED) is 0.133. The van der Waals surface area contributed by atoms with Crippen molar-refractivity contribution in [2.45, 2.75) is 0 Å². The van der Waals surface area contributed by atoms with E-state index in [1.807, 2.05) is 0 Å². The zero-order valence-corrected chi connectivity index (χ0v) is 28.8. The second-order valence-electron chi connectivity index (χ2n) is 13.0. The molecule has 51 heavy (non-hydrogen) atoms. The summed E-state index contributed by atoms with van der Waals surface area (Å²) in [5.74, 6) is 0.668. The summed E-state index contributed by atoms with van der Waals surface area (Å²) in [4.78, 5) is 10.4. The van der Waals surface area contributed by atoms with Crippen LogP contribution in [0.3, 0.4) is 0 Å². The van der Waals surface area contributed by atoms with Crippen molar-refractivity contribution in [2.24, 2.45) is 0 Å². The number of hydrogen-bond donors (Lipinski definition) is 0. The lowest BCUT2D eigenvalue weighted by atomic mass is 10.1. The molecule has 0 aliphatic carbocycles. The van der Waals surface area contributed by atoms with Gasteiger partial charge in [0, 0.05) is 39.6 Å². The van der Waals surface area contributed by atoms with E-state index in [0.29, 0.717) is 5.95 Å². The molecule has 7 aromatic carbocycles. The number of aromatic nitrogens is 4. The first-order valence-corrected chi connectivity index (χ1v) is 19.3. The van der Waals surface area contributed by atoms with Crippen molar-refractivity contribution in [3.05, 3.63) is 194 Å². The van der Waals surface area contributed by atoms with E-state index < -0.39 is 8.07 Å². The van der Waals surface area contributed by atoms with Gasteiger partial charge in [0.15, 0.2) is 8.07 Å². The van der Waals surface area contributed by atoms with Crippen LogP contribution in [-0.2, 0) is 0 Å². The average Bonchev–Trinajstić information content (AvgIpc) is 3.73. The van der Waals surface area contributed by atoms with E-state index in [-0.39, 0.29) is 0 Å². The topological polar surface area (TPSA) is 35.6 Å². The number of hydrogen-bond acceptors (Lipinski definition) is 2. The minimum Gasteiger partial charge on any atom is -0.309 e. The Morgan fingerprint density at radius 2 is 0.765 bits per heavy atom. The van der Waals surface area contributed by atoms with Crippen LogP contribution in [0.2, 0.25) is 0 Å². The molecule has 3 aromatic heterocycles. The average molecular weight is 669 g/mol. The van der Waals surface area contributed by atoms with Gasteiger partial charge in [0.2, 0.25) is 5.95 Å². The van der Waals surface area contributed by atoms with Crippen LogP contribution in [0.1, 0.15) is 0 Å². The van der Waals surface area contributed by atoms with E-state index in [0.717, 1.165) is 21.9 Å². The van der Waals surface area contributed by atoms with Crippen LogP contribution in [-0.4, -0.2) is 27.2 Å². The summed E-state index contributed by atoms with van der Waals surface area (Å²) in [5, 5.41) is 9.86. The van der Waals surface area contributed by atoms with Crippen LogP contribution in [0.4, 0.5) is 0 Å². The monoisotopic (exact) mass is 668 g/mol. The van der Waals surface area contributed by atoms with Crippen LogP contribution in [0.15, 0.2) is 194 Å². The number of benzene rings is 7. The number of nitrogens with zero attached hydrogens (tertiary/aromatic N) is 4. The van der Waals surface area contributed by atoms with Gasteiger partial charge in [0.25, 0.3) is 0 Å². The molecule has 0 radical (unpaired) electrons. The molecule has 5 heteroatoms. The fourth-order valence-electron chi connectivity index (χ4n) is 8.21. The maximum atomic E-state index is 5.20. The Balaban J connectivity index is 1.25. The molecule has 10 aromatic rings. The summed E-state index contributed by atoms with van der Waals surface area (Å²) in [7, 11) is -2.93. The van der Waals surface area contributed by atoms with E-state index >= 15 is 0 Å². The molecule has 0 amide bonds. The number of fused-ring (bicyclic) bond motifs is 6. The predicted molar refractivity (Wildman–Crippen MR) is 214 cm³/mol. The van der Waals surface area contributed by atoms with Crippen molar-refractivity contribution in [3.8, 4) is 11.6 Å². The minimum absolute atomic E-state index is 0.668. The fourth-order valence-corrected chi connectivity index (χ4v) is 12.8. The second kappa shape index (κ2) is 11.8. The van der Waals surface area contributed by atoms with E-state index in [1.165, 1.54) is 48.1 Å². The molecule has 0 spiro atoms. The Morgan fingerprint density at radius 1 is 0.333 bits per heavy atom. The molecule has 0 N–H and O–H groups in total. The lowest BCUT2D eigenvalue weighted by Gasteiger charge is -2.34. The van der Waals surface area contributed by atoms with Crippen molar-refractivity contribution in [2.75, 3.05) is 0 Å². The third-order valence-electron chi connectivity index (χ3n) is 10.4. The first-order valence-electron chi connectivity index (χ1n) is 17.3. The van der Waals surface area contributed by atoms with Gasteiger partial charge in [-0.1, -0.05) is 146 Å². The van der Waals surface area contributed by atoms with Gasteiger partial charge in [-0.05, 0) is 57.1 Å². The Hall–Kier alpha value is -6.56. The van der Waals surface area contributed by atoms with E-state index in [4.69, 9.17) is 9.97 Å². The molecule has 240 valence electrons. The van der Waals surface area contributed by atoms with Gasteiger partial charge in [-0.25, -0.2) is 9.97 Å². The Bertz CT molecular complexity index is 2750.